The molecule has 118 valence electrons. The second-order valence-corrected chi connectivity index (χ2v) is 7.56. The molecule has 2 aromatic rings. The number of aromatic nitrogens is 5. The first kappa shape index (κ1) is 13.7. The van der Waals surface area contributed by atoms with Gasteiger partial charge in [-0.2, -0.15) is 4.52 Å². The highest BCUT2D eigenvalue weighted by Crippen LogP contribution is 2.55. The highest BCUT2D eigenvalue weighted by molar-refractivity contribution is 8.00. The standard InChI is InChI=1S/C16H18N6S/c1-2-3-7-11-9-5-4-6-10(9)12-13-14(23-16(12)18-11)15-19-20-21-22(15)8-17-13/h8,12,16H,2-7H2,1H3. The fraction of sp³-hybridized carbons (Fsp3) is 0.562. The molecular weight excluding hydrogens is 308 g/mol. The molecule has 0 fully saturated rings. The topological polar surface area (TPSA) is 68.3 Å². The van der Waals surface area contributed by atoms with Gasteiger partial charge in [0.15, 0.2) is 5.65 Å². The maximum absolute atomic E-state index is 5.13. The average Bonchev–Trinajstić information content (AvgIpc) is 3.27. The van der Waals surface area contributed by atoms with Gasteiger partial charge in [-0.1, -0.05) is 30.7 Å². The van der Waals surface area contributed by atoms with Crippen molar-refractivity contribution in [1.29, 1.82) is 0 Å². The highest BCUT2D eigenvalue weighted by Gasteiger charge is 2.44. The van der Waals surface area contributed by atoms with Crippen molar-refractivity contribution in [2.45, 2.75) is 61.6 Å². The van der Waals surface area contributed by atoms with Gasteiger partial charge in [0.25, 0.3) is 0 Å². The lowest BCUT2D eigenvalue weighted by Gasteiger charge is -2.26. The van der Waals surface area contributed by atoms with Crippen LogP contribution in [0.15, 0.2) is 27.4 Å². The first-order valence-electron chi connectivity index (χ1n) is 8.39. The molecule has 7 heteroatoms. The number of allylic oxidation sites excluding steroid dienone is 1. The van der Waals surface area contributed by atoms with Gasteiger partial charge in [0.05, 0.1) is 16.5 Å². The lowest BCUT2D eigenvalue weighted by atomic mass is 9.87. The third-order valence-corrected chi connectivity index (χ3v) is 6.33. The molecule has 1 aliphatic carbocycles. The molecule has 0 saturated carbocycles. The van der Waals surface area contributed by atoms with Gasteiger partial charge in [0.1, 0.15) is 11.7 Å². The van der Waals surface area contributed by atoms with Crippen LogP contribution in [0.4, 0.5) is 0 Å². The summed E-state index contributed by atoms with van der Waals surface area (Å²) in [5.41, 5.74) is 6.44. The van der Waals surface area contributed by atoms with E-state index in [2.05, 4.69) is 27.4 Å². The van der Waals surface area contributed by atoms with Crippen LogP contribution in [0.5, 0.6) is 0 Å². The smallest absolute Gasteiger partial charge is 0.196 e. The Morgan fingerprint density at radius 2 is 2.30 bits per heavy atom. The Bertz CT molecular complexity index is 851. The molecule has 0 N–H and O–H groups in total. The van der Waals surface area contributed by atoms with Crippen LogP contribution in [0.3, 0.4) is 0 Å². The van der Waals surface area contributed by atoms with Crippen molar-refractivity contribution >= 4 is 23.1 Å². The predicted molar refractivity (Wildman–Crippen MR) is 88.8 cm³/mol. The van der Waals surface area contributed by atoms with Gasteiger partial charge in [-0.3, -0.25) is 4.99 Å². The average molecular weight is 326 g/mol. The number of hydrogen-bond acceptors (Lipinski definition) is 6. The summed E-state index contributed by atoms with van der Waals surface area (Å²) in [4.78, 5) is 10.9. The third kappa shape index (κ3) is 1.92. The van der Waals surface area contributed by atoms with Crippen molar-refractivity contribution in [3.05, 3.63) is 23.2 Å². The van der Waals surface area contributed by atoms with Crippen LogP contribution in [0.1, 0.15) is 57.1 Å². The van der Waals surface area contributed by atoms with Gasteiger partial charge in [-0.25, -0.2) is 4.98 Å². The Labute approximate surface area is 138 Å². The zero-order valence-corrected chi connectivity index (χ0v) is 13.9. The third-order valence-electron chi connectivity index (χ3n) is 5.09. The van der Waals surface area contributed by atoms with E-state index in [4.69, 9.17) is 4.99 Å². The number of nitrogens with zero attached hydrogens (tertiary/aromatic N) is 6. The maximum Gasteiger partial charge on any atom is 0.196 e. The Kier molecular flexibility index (Phi) is 3.04. The normalized spacial score (nSPS) is 25.5. The molecule has 6 nitrogen and oxygen atoms in total. The number of unbranched alkanes of at least 4 members (excludes halogenated alkanes) is 1. The number of fused-ring (bicyclic) bond motifs is 6. The van der Waals surface area contributed by atoms with Gasteiger partial charge in [-0.05, 0) is 48.1 Å². The lowest BCUT2D eigenvalue weighted by molar-refractivity contribution is 0.689. The molecule has 2 aliphatic heterocycles. The fourth-order valence-electron chi connectivity index (χ4n) is 4.04. The minimum absolute atomic E-state index is 0.226. The molecule has 5 rings (SSSR count). The summed E-state index contributed by atoms with van der Waals surface area (Å²) in [6, 6.07) is 0. The summed E-state index contributed by atoms with van der Waals surface area (Å²) in [6.45, 7) is 2.25. The summed E-state index contributed by atoms with van der Waals surface area (Å²) in [5, 5.41) is 12.2. The number of rotatable bonds is 3. The number of thioether (sulfide) groups is 1. The van der Waals surface area contributed by atoms with Crippen molar-refractivity contribution in [2.75, 3.05) is 0 Å². The zero-order valence-electron chi connectivity index (χ0n) is 13.1. The molecule has 2 atom stereocenters. The van der Waals surface area contributed by atoms with Crippen LogP contribution in [0.2, 0.25) is 0 Å². The van der Waals surface area contributed by atoms with E-state index in [0.29, 0.717) is 5.92 Å². The highest BCUT2D eigenvalue weighted by atomic mass is 32.2. The SMILES string of the molecule is CCCCC1=NC2Sc3c(ncn4nnnc34)C2C2=C1CCC2. The van der Waals surface area contributed by atoms with E-state index in [1.165, 1.54) is 43.4 Å². The van der Waals surface area contributed by atoms with E-state index >= 15 is 0 Å². The second kappa shape index (κ2) is 5.12. The summed E-state index contributed by atoms with van der Waals surface area (Å²) in [6.07, 6.45) is 8.94. The zero-order chi connectivity index (χ0) is 15.4. The van der Waals surface area contributed by atoms with Crippen LogP contribution >= 0.6 is 11.8 Å². The minimum atomic E-state index is 0.226. The Morgan fingerprint density at radius 1 is 1.35 bits per heavy atom. The van der Waals surface area contributed by atoms with Crippen molar-refractivity contribution < 1.29 is 0 Å². The van der Waals surface area contributed by atoms with E-state index in [1.807, 2.05) is 0 Å². The minimum Gasteiger partial charge on any atom is -0.274 e. The molecule has 2 unspecified atom stereocenters. The summed E-state index contributed by atoms with van der Waals surface area (Å²) < 4.78 is 1.66. The number of aliphatic imine (C=N–C) groups is 1. The van der Waals surface area contributed by atoms with E-state index in [0.717, 1.165) is 22.7 Å². The first-order chi connectivity index (χ1) is 11.4. The number of hydrogen-bond donors (Lipinski definition) is 0. The monoisotopic (exact) mass is 326 g/mol. The predicted octanol–water partition coefficient (Wildman–Crippen LogP) is 3.16. The van der Waals surface area contributed by atoms with Gasteiger partial charge in [0.2, 0.25) is 0 Å². The molecule has 3 aliphatic rings. The summed E-state index contributed by atoms with van der Waals surface area (Å²) in [7, 11) is 0. The quantitative estimate of drug-likeness (QED) is 0.866. The van der Waals surface area contributed by atoms with Crippen LogP contribution in [-0.2, 0) is 0 Å². The first-order valence-corrected chi connectivity index (χ1v) is 9.27. The van der Waals surface area contributed by atoms with Crippen molar-refractivity contribution in [1.82, 2.24) is 25.0 Å². The summed E-state index contributed by atoms with van der Waals surface area (Å²) in [5.74, 6) is 0.333. The lowest BCUT2D eigenvalue weighted by Crippen LogP contribution is -2.21. The van der Waals surface area contributed by atoms with E-state index in [-0.39, 0.29) is 5.37 Å². The molecule has 23 heavy (non-hydrogen) atoms. The number of dihydropyridines is 1. The molecular formula is C16H18N6S. The Morgan fingerprint density at radius 3 is 3.22 bits per heavy atom. The van der Waals surface area contributed by atoms with Crippen LogP contribution < -0.4 is 0 Å². The van der Waals surface area contributed by atoms with E-state index < -0.39 is 0 Å². The van der Waals surface area contributed by atoms with Gasteiger partial charge < -0.3 is 0 Å². The Balaban J connectivity index is 1.63. The van der Waals surface area contributed by atoms with Crippen LogP contribution in [0, 0.1) is 0 Å². The van der Waals surface area contributed by atoms with Gasteiger partial charge >= 0.3 is 0 Å². The molecule has 0 spiro atoms. The van der Waals surface area contributed by atoms with E-state index in [9.17, 15) is 0 Å². The molecule has 0 saturated heterocycles. The van der Waals surface area contributed by atoms with Crippen molar-refractivity contribution in [2.24, 2.45) is 4.99 Å². The molecule has 2 aromatic heterocycles. The largest absolute Gasteiger partial charge is 0.274 e. The number of tetrazole rings is 1. The molecule has 4 heterocycles. The van der Waals surface area contributed by atoms with Crippen molar-refractivity contribution in [3.63, 3.8) is 0 Å². The van der Waals surface area contributed by atoms with Crippen LogP contribution in [0.25, 0.3) is 5.65 Å². The van der Waals surface area contributed by atoms with Gasteiger partial charge in [-0.15, -0.1) is 5.10 Å². The molecule has 0 radical (unpaired) electrons. The fourth-order valence-corrected chi connectivity index (χ4v) is 5.43. The molecule has 0 aromatic carbocycles. The maximum atomic E-state index is 5.13. The van der Waals surface area contributed by atoms with E-state index in [1.54, 1.807) is 28.2 Å². The molecule has 0 bridgehead atoms. The second-order valence-electron chi connectivity index (χ2n) is 6.43. The van der Waals surface area contributed by atoms with Crippen LogP contribution in [-0.4, -0.2) is 36.1 Å². The Hall–Kier alpha value is -1.76. The van der Waals surface area contributed by atoms with Crippen molar-refractivity contribution in [3.8, 4) is 0 Å². The summed E-state index contributed by atoms with van der Waals surface area (Å²) >= 11 is 1.79. The van der Waals surface area contributed by atoms with Gasteiger partial charge in [0, 0.05) is 5.71 Å². The molecule has 0 amide bonds.